The molecule has 0 spiro atoms. The number of rotatable bonds is 5. The summed E-state index contributed by atoms with van der Waals surface area (Å²) >= 11 is 3.41. The van der Waals surface area contributed by atoms with E-state index in [9.17, 15) is 4.79 Å². The summed E-state index contributed by atoms with van der Waals surface area (Å²) < 4.78 is 5.43. The lowest BCUT2D eigenvalue weighted by Crippen LogP contribution is -2.26. The number of esters is 1. The molecule has 1 fully saturated rings. The minimum atomic E-state index is -0.378. The second-order valence-corrected chi connectivity index (χ2v) is 5.38. The lowest BCUT2D eigenvalue weighted by molar-refractivity contribution is 0.0600. The molecule has 0 saturated carbocycles. The number of nitrogens with zero attached hydrogens (tertiary/aromatic N) is 2. The number of methoxy groups -OCH3 is 1. The molecule has 2 heterocycles. The molecular formula is C13H18BrN3O2. The summed E-state index contributed by atoms with van der Waals surface area (Å²) in [4.78, 5) is 18.0. The van der Waals surface area contributed by atoms with Crippen LogP contribution in [0.4, 0.5) is 5.82 Å². The Labute approximate surface area is 121 Å². The van der Waals surface area contributed by atoms with E-state index in [-0.39, 0.29) is 5.97 Å². The van der Waals surface area contributed by atoms with E-state index in [0.29, 0.717) is 5.56 Å². The molecule has 1 saturated heterocycles. The Morgan fingerprint density at radius 1 is 1.53 bits per heavy atom. The summed E-state index contributed by atoms with van der Waals surface area (Å²) in [5.74, 6) is 0.378. The minimum Gasteiger partial charge on any atom is -0.465 e. The molecule has 1 aliphatic heterocycles. The molecule has 0 bridgehead atoms. The molecule has 0 unspecified atom stereocenters. The number of nitrogens with one attached hydrogen (secondary N) is 1. The molecular weight excluding hydrogens is 310 g/mol. The maximum absolute atomic E-state index is 11.4. The summed E-state index contributed by atoms with van der Waals surface area (Å²) in [7, 11) is 1.36. The molecule has 6 heteroatoms. The lowest BCUT2D eigenvalue weighted by Gasteiger charge is -2.15. The van der Waals surface area contributed by atoms with Gasteiger partial charge in [0.25, 0.3) is 0 Å². The zero-order valence-electron chi connectivity index (χ0n) is 11.0. The monoisotopic (exact) mass is 327 g/mol. The van der Waals surface area contributed by atoms with Crippen LogP contribution in [0, 0.1) is 0 Å². The van der Waals surface area contributed by atoms with Crippen LogP contribution in [0.25, 0.3) is 0 Å². The van der Waals surface area contributed by atoms with E-state index in [0.717, 1.165) is 23.4 Å². The highest BCUT2D eigenvalue weighted by Gasteiger charge is 2.12. The van der Waals surface area contributed by atoms with Gasteiger partial charge >= 0.3 is 5.97 Å². The number of anilines is 1. The number of ether oxygens (including phenoxy) is 1. The largest absolute Gasteiger partial charge is 0.465 e. The second kappa shape index (κ2) is 6.86. The highest BCUT2D eigenvalue weighted by molar-refractivity contribution is 9.10. The third-order valence-electron chi connectivity index (χ3n) is 3.18. The van der Waals surface area contributed by atoms with Gasteiger partial charge in [0.1, 0.15) is 5.82 Å². The molecule has 1 aromatic heterocycles. The molecule has 1 aromatic rings. The van der Waals surface area contributed by atoms with Crippen LogP contribution in [-0.4, -0.2) is 49.1 Å². The van der Waals surface area contributed by atoms with Gasteiger partial charge in [0.05, 0.1) is 17.1 Å². The Bertz CT molecular complexity index is 448. The summed E-state index contributed by atoms with van der Waals surface area (Å²) in [6.45, 7) is 4.26. The van der Waals surface area contributed by atoms with Gasteiger partial charge in [-0.2, -0.15) is 0 Å². The zero-order valence-corrected chi connectivity index (χ0v) is 12.6. The first-order valence-electron chi connectivity index (χ1n) is 6.41. The van der Waals surface area contributed by atoms with Crippen LogP contribution in [0.15, 0.2) is 16.7 Å². The maximum Gasteiger partial charge on any atom is 0.339 e. The molecule has 0 aliphatic carbocycles. The average molecular weight is 328 g/mol. The average Bonchev–Trinajstić information content (AvgIpc) is 2.93. The number of aromatic nitrogens is 1. The molecule has 0 aromatic carbocycles. The molecule has 5 nitrogen and oxygen atoms in total. The number of hydrogen-bond acceptors (Lipinski definition) is 5. The van der Waals surface area contributed by atoms with Gasteiger partial charge < -0.3 is 15.0 Å². The first-order chi connectivity index (χ1) is 9.20. The Morgan fingerprint density at radius 3 is 2.89 bits per heavy atom. The fourth-order valence-corrected chi connectivity index (χ4v) is 2.63. The van der Waals surface area contributed by atoms with E-state index in [1.165, 1.54) is 39.2 Å². The fourth-order valence-electron chi connectivity index (χ4n) is 2.14. The highest BCUT2D eigenvalue weighted by Crippen LogP contribution is 2.21. The Kier molecular flexibility index (Phi) is 5.15. The summed E-state index contributed by atoms with van der Waals surface area (Å²) in [6.07, 6.45) is 4.13. The molecule has 0 atom stereocenters. The highest BCUT2D eigenvalue weighted by atomic mass is 79.9. The Hall–Kier alpha value is -1.14. The Morgan fingerprint density at radius 2 is 2.26 bits per heavy atom. The molecule has 0 amide bonds. The SMILES string of the molecule is COC(=O)c1cnc(NCCN2CCCC2)c(Br)c1. The van der Waals surface area contributed by atoms with Crippen LogP contribution in [0.2, 0.25) is 0 Å². The van der Waals surface area contributed by atoms with Gasteiger partial charge in [0.15, 0.2) is 0 Å². The normalized spacial score (nSPS) is 15.5. The molecule has 19 heavy (non-hydrogen) atoms. The number of likely N-dealkylation sites (tertiary alicyclic amines) is 1. The second-order valence-electron chi connectivity index (χ2n) is 4.52. The minimum absolute atomic E-state index is 0.378. The van der Waals surface area contributed by atoms with Crippen molar-refractivity contribution in [3.8, 4) is 0 Å². The third kappa shape index (κ3) is 3.91. The van der Waals surface area contributed by atoms with Crippen molar-refractivity contribution in [3.05, 3.63) is 22.3 Å². The quantitative estimate of drug-likeness (QED) is 0.840. The number of carbonyl (C=O) groups excluding carboxylic acids is 1. The standard InChI is InChI=1S/C13H18BrN3O2/c1-19-13(18)10-8-11(14)12(16-9-10)15-4-7-17-5-2-3-6-17/h8-9H,2-7H2,1H3,(H,15,16). The third-order valence-corrected chi connectivity index (χ3v) is 3.79. The van der Waals surface area contributed by atoms with Crippen LogP contribution in [0.1, 0.15) is 23.2 Å². The van der Waals surface area contributed by atoms with Crippen molar-refractivity contribution in [1.29, 1.82) is 0 Å². The van der Waals surface area contributed by atoms with Gasteiger partial charge in [-0.25, -0.2) is 9.78 Å². The van der Waals surface area contributed by atoms with Gasteiger partial charge in [-0.3, -0.25) is 0 Å². The van der Waals surface area contributed by atoms with E-state index in [1.807, 2.05) is 0 Å². The predicted molar refractivity (Wildman–Crippen MR) is 77.4 cm³/mol. The number of pyridine rings is 1. The zero-order chi connectivity index (χ0) is 13.7. The van der Waals surface area contributed by atoms with Gasteiger partial charge in [-0.1, -0.05) is 0 Å². The smallest absolute Gasteiger partial charge is 0.339 e. The lowest BCUT2D eigenvalue weighted by atomic mass is 10.3. The maximum atomic E-state index is 11.4. The van der Waals surface area contributed by atoms with Crippen molar-refractivity contribution < 1.29 is 9.53 Å². The molecule has 1 aliphatic rings. The van der Waals surface area contributed by atoms with Crippen LogP contribution in [-0.2, 0) is 4.74 Å². The van der Waals surface area contributed by atoms with Crippen molar-refractivity contribution in [3.63, 3.8) is 0 Å². The van der Waals surface area contributed by atoms with Crippen molar-refractivity contribution in [2.24, 2.45) is 0 Å². The predicted octanol–water partition coefficient (Wildman–Crippen LogP) is 2.14. The van der Waals surface area contributed by atoms with Crippen LogP contribution < -0.4 is 5.32 Å². The topological polar surface area (TPSA) is 54.5 Å². The summed E-state index contributed by atoms with van der Waals surface area (Å²) in [6, 6.07) is 1.72. The van der Waals surface area contributed by atoms with Crippen molar-refractivity contribution in [1.82, 2.24) is 9.88 Å². The van der Waals surface area contributed by atoms with E-state index in [4.69, 9.17) is 0 Å². The number of halogens is 1. The van der Waals surface area contributed by atoms with Gasteiger partial charge in [-0.05, 0) is 47.9 Å². The molecule has 1 N–H and O–H groups in total. The number of hydrogen-bond donors (Lipinski definition) is 1. The van der Waals surface area contributed by atoms with Crippen LogP contribution in [0.5, 0.6) is 0 Å². The molecule has 104 valence electrons. The van der Waals surface area contributed by atoms with E-state index in [1.54, 1.807) is 6.07 Å². The Balaban J connectivity index is 1.87. The van der Waals surface area contributed by atoms with Crippen LogP contribution >= 0.6 is 15.9 Å². The molecule has 2 rings (SSSR count). The van der Waals surface area contributed by atoms with Gasteiger partial charge in [0, 0.05) is 19.3 Å². The van der Waals surface area contributed by atoms with Gasteiger partial charge in [-0.15, -0.1) is 0 Å². The fraction of sp³-hybridized carbons (Fsp3) is 0.538. The van der Waals surface area contributed by atoms with Crippen LogP contribution in [0.3, 0.4) is 0 Å². The first-order valence-corrected chi connectivity index (χ1v) is 7.20. The van der Waals surface area contributed by atoms with E-state index in [2.05, 4.69) is 35.9 Å². The number of carbonyl (C=O) groups is 1. The molecule has 0 radical (unpaired) electrons. The van der Waals surface area contributed by atoms with Crippen molar-refractivity contribution in [2.75, 3.05) is 38.6 Å². The summed E-state index contributed by atoms with van der Waals surface area (Å²) in [5.41, 5.74) is 0.444. The van der Waals surface area contributed by atoms with Gasteiger partial charge in [0.2, 0.25) is 0 Å². The van der Waals surface area contributed by atoms with Crippen molar-refractivity contribution >= 4 is 27.7 Å². The van der Waals surface area contributed by atoms with E-state index >= 15 is 0 Å². The van der Waals surface area contributed by atoms with E-state index < -0.39 is 0 Å². The first kappa shape index (κ1) is 14.3. The summed E-state index contributed by atoms with van der Waals surface area (Å²) in [5, 5.41) is 3.27. The van der Waals surface area contributed by atoms with Crippen molar-refractivity contribution in [2.45, 2.75) is 12.8 Å².